The minimum Gasteiger partial charge on any atom is -0.396 e. The summed E-state index contributed by atoms with van der Waals surface area (Å²) in [6.07, 6.45) is 2.56. The molecule has 1 saturated heterocycles. The molecule has 3 nitrogen and oxygen atoms in total. The van der Waals surface area contributed by atoms with Gasteiger partial charge in [-0.3, -0.25) is 0 Å². The fourth-order valence-corrected chi connectivity index (χ4v) is 2.02. The lowest BCUT2D eigenvalue weighted by molar-refractivity contribution is 0.133. The fourth-order valence-electron chi connectivity index (χ4n) is 2.02. The normalized spacial score (nSPS) is 24.0. The van der Waals surface area contributed by atoms with Gasteiger partial charge >= 0.3 is 0 Å². The van der Waals surface area contributed by atoms with Crippen LogP contribution in [0.4, 0.5) is 0 Å². The summed E-state index contributed by atoms with van der Waals surface area (Å²) in [7, 11) is 2.20. The molecule has 0 radical (unpaired) electrons. The summed E-state index contributed by atoms with van der Waals surface area (Å²) in [6.45, 7) is 9.18. The summed E-state index contributed by atoms with van der Waals surface area (Å²) < 4.78 is 0. The lowest BCUT2D eigenvalue weighted by atomic mass is 9.80. The molecule has 0 aromatic carbocycles. The van der Waals surface area contributed by atoms with Crippen LogP contribution in [0.1, 0.15) is 26.7 Å². The van der Waals surface area contributed by atoms with Crippen LogP contribution < -0.4 is 5.32 Å². The molecule has 2 N–H and O–H groups in total. The number of nitrogens with zero attached hydrogens (tertiary/aromatic N) is 1. The molecule has 0 spiro atoms. The molecular formula is C12H26N2O. The van der Waals surface area contributed by atoms with Crippen LogP contribution in [0.15, 0.2) is 0 Å². The Morgan fingerprint density at radius 1 is 1.40 bits per heavy atom. The van der Waals surface area contributed by atoms with E-state index in [1.807, 2.05) is 0 Å². The van der Waals surface area contributed by atoms with Gasteiger partial charge in [-0.15, -0.1) is 0 Å². The second-order valence-electron chi connectivity index (χ2n) is 5.53. The number of hydrogen-bond donors (Lipinski definition) is 2. The first-order chi connectivity index (χ1) is 7.06. The molecule has 3 heteroatoms. The van der Waals surface area contributed by atoms with Crippen LogP contribution in [-0.4, -0.2) is 49.8 Å². The maximum atomic E-state index is 8.92. The smallest absolute Gasteiger partial charge is 0.0468 e. The second kappa shape index (κ2) is 5.83. The topological polar surface area (TPSA) is 35.5 Å². The molecule has 0 aromatic heterocycles. The number of aliphatic hydroxyl groups excluding tert-OH is 1. The zero-order valence-electron chi connectivity index (χ0n) is 10.4. The van der Waals surface area contributed by atoms with Gasteiger partial charge in [0.1, 0.15) is 0 Å². The van der Waals surface area contributed by atoms with Crippen molar-refractivity contribution in [1.82, 2.24) is 10.2 Å². The average molecular weight is 214 g/mol. The van der Waals surface area contributed by atoms with Crippen molar-refractivity contribution >= 4 is 0 Å². The first kappa shape index (κ1) is 12.9. The fraction of sp³-hybridized carbons (Fsp3) is 1.00. The van der Waals surface area contributed by atoms with Crippen LogP contribution in [0.2, 0.25) is 0 Å². The highest BCUT2D eigenvalue weighted by atomic mass is 16.3. The number of likely N-dealkylation sites (tertiary alicyclic amines) is 1. The van der Waals surface area contributed by atoms with E-state index < -0.39 is 0 Å². The second-order valence-corrected chi connectivity index (χ2v) is 5.53. The van der Waals surface area contributed by atoms with Crippen LogP contribution in [0.3, 0.4) is 0 Å². The van der Waals surface area contributed by atoms with Gasteiger partial charge in [0.25, 0.3) is 0 Å². The Kier molecular flexibility index (Phi) is 5.03. The molecule has 1 aliphatic rings. The zero-order valence-corrected chi connectivity index (χ0v) is 10.4. The molecule has 1 atom stereocenters. The van der Waals surface area contributed by atoms with Crippen molar-refractivity contribution in [2.75, 3.05) is 39.8 Å². The third-order valence-electron chi connectivity index (χ3n) is 3.55. The summed E-state index contributed by atoms with van der Waals surface area (Å²) in [5.74, 6) is 0.375. The third-order valence-corrected chi connectivity index (χ3v) is 3.55. The van der Waals surface area contributed by atoms with Gasteiger partial charge in [-0.1, -0.05) is 13.8 Å². The molecule has 1 rings (SSSR count). The van der Waals surface area contributed by atoms with Crippen LogP contribution >= 0.6 is 0 Å². The van der Waals surface area contributed by atoms with Gasteiger partial charge < -0.3 is 15.3 Å². The summed E-state index contributed by atoms with van der Waals surface area (Å²) in [5.41, 5.74) is 0.460. The molecule has 0 aliphatic carbocycles. The molecular weight excluding hydrogens is 188 g/mol. The monoisotopic (exact) mass is 214 g/mol. The summed E-state index contributed by atoms with van der Waals surface area (Å²) in [4.78, 5) is 2.40. The largest absolute Gasteiger partial charge is 0.396 e. The van der Waals surface area contributed by atoms with Gasteiger partial charge in [-0.25, -0.2) is 0 Å². The zero-order chi connectivity index (χ0) is 11.3. The molecule has 15 heavy (non-hydrogen) atoms. The van der Waals surface area contributed by atoms with Gasteiger partial charge in [-0.2, -0.15) is 0 Å². The quantitative estimate of drug-likeness (QED) is 0.715. The first-order valence-corrected chi connectivity index (χ1v) is 6.06. The standard InChI is InChI=1S/C12H26N2O/c1-11(9-15)8-13-10-12(2)4-6-14(3)7-5-12/h11,13,15H,4-10H2,1-3H3. The van der Waals surface area contributed by atoms with Crippen molar-refractivity contribution in [3.8, 4) is 0 Å². The van der Waals surface area contributed by atoms with Crippen molar-refractivity contribution in [3.63, 3.8) is 0 Å². The lowest BCUT2D eigenvalue weighted by Crippen LogP contribution is -2.43. The molecule has 0 aromatic rings. The average Bonchev–Trinajstić information content (AvgIpc) is 2.23. The van der Waals surface area contributed by atoms with Crippen LogP contribution in [0.5, 0.6) is 0 Å². The summed E-state index contributed by atoms with van der Waals surface area (Å²) in [6, 6.07) is 0. The Hall–Kier alpha value is -0.120. The summed E-state index contributed by atoms with van der Waals surface area (Å²) in [5, 5.41) is 12.4. The Morgan fingerprint density at radius 2 is 2.00 bits per heavy atom. The van der Waals surface area contributed by atoms with E-state index in [9.17, 15) is 0 Å². The lowest BCUT2D eigenvalue weighted by Gasteiger charge is -2.38. The van der Waals surface area contributed by atoms with Gasteiger partial charge in [-0.05, 0) is 50.9 Å². The third kappa shape index (κ3) is 4.49. The maximum Gasteiger partial charge on any atom is 0.0468 e. The van der Waals surface area contributed by atoms with Gasteiger partial charge in [0.15, 0.2) is 0 Å². The number of nitrogens with one attached hydrogen (secondary N) is 1. The number of rotatable bonds is 5. The van der Waals surface area contributed by atoms with E-state index in [1.165, 1.54) is 25.9 Å². The molecule has 0 amide bonds. The van der Waals surface area contributed by atoms with Gasteiger partial charge in [0, 0.05) is 13.2 Å². The Labute approximate surface area is 93.9 Å². The van der Waals surface area contributed by atoms with E-state index in [2.05, 4.69) is 31.1 Å². The van der Waals surface area contributed by atoms with Crippen molar-refractivity contribution in [2.24, 2.45) is 11.3 Å². The molecule has 90 valence electrons. The van der Waals surface area contributed by atoms with E-state index in [4.69, 9.17) is 5.11 Å². The maximum absolute atomic E-state index is 8.92. The predicted molar refractivity (Wildman–Crippen MR) is 64.0 cm³/mol. The van der Waals surface area contributed by atoms with Crippen LogP contribution in [0.25, 0.3) is 0 Å². The van der Waals surface area contributed by atoms with E-state index in [1.54, 1.807) is 0 Å². The van der Waals surface area contributed by atoms with E-state index in [0.717, 1.165) is 13.1 Å². The Bertz CT molecular complexity index is 176. The highest BCUT2D eigenvalue weighted by Crippen LogP contribution is 2.29. The van der Waals surface area contributed by atoms with Crippen molar-refractivity contribution in [3.05, 3.63) is 0 Å². The Morgan fingerprint density at radius 3 is 2.53 bits per heavy atom. The molecule has 1 unspecified atom stereocenters. The minimum atomic E-state index is 0.284. The number of aliphatic hydroxyl groups is 1. The molecule has 1 heterocycles. The molecule has 1 aliphatic heterocycles. The van der Waals surface area contributed by atoms with Crippen molar-refractivity contribution in [1.29, 1.82) is 0 Å². The van der Waals surface area contributed by atoms with E-state index >= 15 is 0 Å². The van der Waals surface area contributed by atoms with Crippen molar-refractivity contribution in [2.45, 2.75) is 26.7 Å². The number of hydrogen-bond acceptors (Lipinski definition) is 3. The first-order valence-electron chi connectivity index (χ1n) is 6.06. The highest BCUT2D eigenvalue weighted by molar-refractivity contribution is 4.83. The van der Waals surface area contributed by atoms with Crippen molar-refractivity contribution < 1.29 is 5.11 Å². The molecule has 1 fully saturated rings. The SMILES string of the molecule is CC(CO)CNCC1(C)CCN(C)CC1. The summed E-state index contributed by atoms with van der Waals surface area (Å²) >= 11 is 0. The van der Waals surface area contributed by atoms with Gasteiger partial charge in [0.05, 0.1) is 0 Å². The van der Waals surface area contributed by atoms with E-state index in [0.29, 0.717) is 11.3 Å². The Balaban J connectivity index is 2.19. The molecule has 0 saturated carbocycles. The van der Waals surface area contributed by atoms with Crippen LogP contribution in [-0.2, 0) is 0 Å². The number of piperidine rings is 1. The van der Waals surface area contributed by atoms with Crippen LogP contribution in [0, 0.1) is 11.3 Å². The highest BCUT2D eigenvalue weighted by Gasteiger charge is 2.28. The predicted octanol–water partition coefficient (Wildman–Crippen LogP) is 0.936. The van der Waals surface area contributed by atoms with E-state index in [-0.39, 0.29) is 6.61 Å². The minimum absolute atomic E-state index is 0.284. The van der Waals surface area contributed by atoms with Gasteiger partial charge in [0.2, 0.25) is 0 Å². The molecule has 0 bridgehead atoms.